The molecule has 3 nitrogen and oxygen atoms in total. The van der Waals surface area contributed by atoms with E-state index in [1.165, 1.54) is 5.56 Å². The topological polar surface area (TPSA) is 50.2 Å². The lowest BCUT2D eigenvalue weighted by molar-refractivity contribution is -0.138. The Balaban J connectivity index is 2.24. The quantitative estimate of drug-likeness (QED) is 0.778. The molecular weight excluding hydrogens is 274 g/mol. The van der Waals surface area contributed by atoms with Gasteiger partial charge in [0.05, 0.1) is 11.6 Å². The van der Waals surface area contributed by atoms with Crippen LogP contribution in [0.4, 0.5) is 0 Å². The van der Waals surface area contributed by atoms with Crippen LogP contribution in [0.2, 0.25) is 0 Å². The third-order valence-corrected chi connectivity index (χ3v) is 4.00. The van der Waals surface area contributed by atoms with E-state index in [0.717, 1.165) is 27.6 Å². The van der Waals surface area contributed by atoms with Crippen LogP contribution in [0.25, 0.3) is 22.0 Å². The number of carboxylic acids is 1. The third kappa shape index (κ3) is 2.46. The van der Waals surface area contributed by atoms with Crippen LogP contribution < -0.4 is 0 Å². The molecule has 0 saturated heterocycles. The number of aliphatic carboxylic acids is 1. The summed E-state index contributed by atoms with van der Waals surface area (Å²) in [5.41, 5.74) is 3.94. The largest absolute Gasteiger partial charge is 0.481 e. The molecule has 3 heteroatoms. The van der Waals surface area contributed by atoms with Gasteiger partial charge in [-0.05, 0) is 30.9 Å². The van der Waals surface area contributed by atoms with E-state index in [4.69, 9.17) is 0 Å². The fourth-order valence-corrected chi connectivity index (χ4v) is 2.68. The number of fused-ring (bicyclic) bond motifs is 1. The Labute approximate surface area is 129 Å². The first kappa shape index (κ1) is 14.3. The van der Waals surface area contributed by atoms with E-state index in [2.05, 4.69) is 17.1 Å². The molecule has 110 valence electrons. The zero-order valence-corrected chi connectivity index (χ0v) is 12.6. The van der Waals surface area contributed by atoms with Crippen molar-refractivity contribution in [3.05, 3.63) is 65.9 Å². The van der Waals surface area contributed by atoms with Gasteiger partial charge in [-0.2, -0.15) is 0 Å². The molecule has 2 aromatic carbocycles. The summed E-state index contributed by atoms with van der Waals surface area (Å²) in [5.74, 6) is -1.36. The molecule has 1 atom stereocenters. The Bertz CT molecular complexity index is 838. The summed E-state index contributed by atoms with van der Waals surface area (Å²) < 4.78 is 0. The SMILES string of the molecule is Cc1ccc(-c2nccc3c(C(C)C(=O)O)cccc23)cc1. The summed E-state index contributed by atoms with van der Waals surface area (Å²) in [6.07, 6.45) is 1.75. The summed E-state index contributed by atoms with van der Waals surface area (Å²) in [5, 5.41) is 11.2. The number of aromatic nitrogens is 1. The molecule has 0 bridgehead atoms. The van der Waals surface area contributed by atoms with Crippen LogP contribution in [0.3, 0.4) is 0 Å². The molecule has 0 aliphatic carbocycles. The summed E-state index contributed by atoms with van der Waals surface area (Å²) in [6, 6.07) is 15.9. The number of aryl methyl sites for hydroxylation is 1. The lowest BCUT2D eigenvalue weighted by Gasteiger charge is -2.13. The fourth-order valence-electron chi connectivity index (χ4n) is 2.68. The number of nitrogens with zero attached hydrogens (tertiary/aromatic N) is 1. The molecule has 0 aliphatic rings. The van der Waals surface area contributed by atoms with Crippen molar-refractivity contribution >= 4 is 16.7 Å². The minimum absolute atomic E-state index is 0.544. The maximum absolute atomic E-state index is 11.3. The Kier molecular flexibility index (Phi) is 3.63. The zero-order valence-electron chi connectivity index (χ0n) is 12.6. The first-order valence-corrected chi connectivity index (χ1v) is 7.25. The van der Waals surface area contributed by atoms with Crippen LogP contribution in [-0.4, -0.2) is 16.1 Å². The summed E-state index contributed by atoms with van der Waals surface area (Å²) >= 11 is 0. The molecule has 1 unspecified atom stereocenters. The molecule has 0 aliphatic heterocycles. The normalized spacial score (nSPS) is 12.3. The number of carbonyl (C=O) groups is 1. The summed E-state index contributed by atoms with van der Waals surface area (Å²) in [4.78, 5) is 15.8. The number of benzene rings is 2. The highest BCUT2D eigenvalue weighted by atomic mass is 16.4. The van der Waals surface area contributed by atoms with E-state index in [0.29, 0.717) is 0 Å². The Hall–Kier alpha value is -2.68. The smallest absolute Gasteiger partial charge is 0.310 e. The number of carboxylic acid groups (broad SMARTS) is 1. The Morgan fingerprint density at radius 1 is 1.05 bits per heavy atom. The number of pyridine rings is 1. The van der Waals surface area contributed by atoms with Crippen LogP contribution in [0.15, 0.2) is 54.7 Å². The second-order valence-electron chi connectivity index (χ2n) is 5.53. The average molecular weight is 291 g/mol. The van der Waals surface area contributed by atoms with Crippen molar-refractivity contribution in [2.75, 3.05) is 0 Å². The van der Waals surface area contributed by atoms with Crippen molar-refractivity contribution in [1.82, 2.24) is 4.98 Å². The maximum Gasteiger partial charge on any atom is 0.310 e. The average Bonchev–Trinajstić information content (AvgIpc) is 2.54. The van der Waals surface area contributed by atoms with Crippen LogP contribution in [0, 0.1) is 6.92 Å². The van der Waals surface area contributed by atoms with E-state index in [1.807, 2.05) is 43.3 Å². The van der Waals surface area contributed by atoms with Gasteiger partial charge in [-0.25, -0.2) is 0 Å². The predicted molar refractivity (Wildman–Crippen MR) is 88.0 cm³/mol. The van der Waals surface area contributed by atoms with Crippen molar-refractivity contribution in [1.29, 1.82) is 0 Å². The van der Waals surface area contributed by atoms with Crippen molar-refractivity contribution in [3.63, 3.8) is 0 Å². The van der Waals surface area contributed by atoms with Gasteiger partial charge in [0.25, 0.3) is 0 Å². The van der Waals surface area contributed by atoms with E-state index in [-0.39, 0.29) is 0 Å². The van der Waals surface area contributed by atoms with Gasteiger partial charge in [-0.1, -0.05) is 48.0 Å². The zero-order chi connectivity index (χ0) is 15.7. The van der Waals surface area contributed by atoms with E-state index in [1.54, 1.807) is 13.1 Å². The minimum atomic E-state index is -0.818. The minimum Gasteiger partial charge on any atom is -0.481 e. The second-order valence-corrected chi connectivity index (χ2v) is 5.53. The number of hydrogen-bond donors (Lipinski definition) is 1. The van der Waals surface area contributed by atoms with Gasteiger partial charge in [0, 0.05) is 17.1 Å². The molecule has 0 amide bonds. The van der Waals surface area contributed by atoms with Crippen molar-refractivity contribution < 1.29 is 9.90 Å². The summed E-state index contributed by atoms with van der Waals surface area (Å²) in [7, 11) is 0. The van der Waals surface area contributed by atoms with Gasteiger partial charge in [0.2, 0.25) is 0 Å². The van der Waals surface area contributed by atoms with Crippen LogP contribution in [0.5, 0.6) is 0 Å². The van der Waals surface area contributed by atoms with Crippen molar-refractivity contribution in [2.24, 2.45) is 0 Å². The van der Waals surface area contributed by atoms with Gasteiger partial charge in [0.1, 0.15) is 0 Å². The number of rotatable bonds is 3. The highest BCUT2D eigenvalue weighted by Gasteiger charge is 2.17. The highest BCUT2D eigenvalue weighted by molar-refractivity contribution is 5.98. The van der Waals surface area contributed by atoms with Crippen LogP contribution >= 0.6 is 0 Å². The molecular formula is C19H17NO2. The third-order valence-electron chi connectivity index (χ3n) is 4.00. The van der Waals surface area contributed by atoms with E-state index < -0.39 is 11.9 Å². The lowest BCUT2D eigenvalue weighted by Crippen LogP contribution is -2.08. The van der Waals surface area contributed by atoms with E-state index >= 15 is 0 Å². The Morgan fingerprint density at radius 3 is 2.45 bits per heavy atom. The Morgan fingerprint density at radius 2 is 1.77 bits per heavy atom. The van der Waals surface area contributed by atoms with E-state index in [9.17, 15) is 9.90 Å². The second kappa shape index (κ2) is 5.60. The van der Waals surface area contributed by atoms with Gasteiger partial charge in [-0.3, -0.25) is 9.78 Å². The first-order chi connectivity index (χ1) is 10.6. The number of hydrogen-bond acceptors (Lipinski definition) is 2. The molecule has 3 aromatic rings. The molecule has 1 aromatic heterocycles. The summed E-state index contributed by atoms with van der Waals surface area (Å²) in [6.45, 7) is 3.76. The van der Waals surface area contributed by atoms with Gasteiger partial charge >= 0.3 is 5.97 Å². The molecule has 0 spiro atoms. The van der Waals surface area contributed by atoms with Crippen LogP contribution in [-0.2, 0) is 4.79 Å². The standard InChI is InChI=1S/C19H17NO2/c1-12-6-8-14(9-7-12)18-17-5-3-4-15(13(2)19(21)22)16(17)10-11-20-18/h3-11,13H,1-2H3,(H,21,22). The van der Waals surface area contributed by atoms with Gasteiger partial charge < -0.3 is 5.11 Å². The molecule has 22 heavy (non-hydrogen) atoms. The molecule has 0 radical (unpaired) electrons. The maximum atomic E-state index is 11.3. The monoisotopic (exact) mass is 291 g/mol. The van der Waals surface area contributed by atoms with Gasteiger partial charge in [0.15, 0.2) is 0 Å². The molecule has 1 N–H and O–H groups in total. The molecule has 1 heterocycles. The lowest BCUT2D eigenvalue weighted by atomic mass is 9.93. The molecule has 3 rings (SSSR count). The van der Waals surface area contributed by atoms with Crippen molar-refractivity contribution in [2.45, 2.75) is 19.8 Å². The van der Waals surface area contributed by atoms with Crippen LogP contribution in [0.1, 0.15) is 24.0 Å². The molecule has 0 fully saturated rings. The van der Waals surface area contributed by atoms with Gasteiger partial charge in [-0.15, -0.1) is 0 Å². The fraction of sp³-hybridized carbons (Fsp3) is 0.158. The molecule has 0 saturated carbocycles. The first-order valence-electron chi connectivity index (χ1n) is 7.25. The predicted octanol–water partition coefficient (Wildman–Crippen LogP) is 4.40. The van der Waals surface area contributed by atoms with Crippen molar-refractivity contribution in [3.8, 4) is 11.3 Å². The highest BCUT2D eigenvalue weighted by Crippen LogP contribution is 2.31.